The molecule has 3 atom stereocenters. The number of carbonyl (C=O) groups is 3. The summed E-state index contributed by atoms with van der Waals surface area (Å²) in [4.78, 5) is 37.2. The third kappa shape index (κ3) is 4.87. The van der Waals surface area contributed by atoms with E-state index in [0.29, 0.717) is 6.42 Å². The average molecular weight is 451 g/mol. The molecule has 2 aliphatic carbocycles. The van der Waals surface area contributed by atoms with Crippen molar-refractivity contribution in [3.63, 3.8) is 0 Å². The molecule has 0 aliphatic heterocycles. The van der Waals surface area contributed by atoms with Crippen LogP contribution in [0.25, 0.3) is 11.1 Å². The second-order valence-electron chi connectivity index (χ2n) is 9.07. The van der Waals surface area contributed by atoms with Crippen LogP contribution >= 0.6 is 0 Å². The predicted molar refractivity (Wildman–Crippen MR) is 124 cm³/mol. The first-order chi connectivity index (χ1) is 15.8. The number of fused-ring (bicyclic) bond motifs is 3. The van der Waals surface area contributed by atoms with Gasteiger partial charge in [0.25, 0.3) is 0 Å². The number of hydrogen-bond acceptors (Lipinski definition) is 4. The van der Waals surface area contributed by atoms with E-state index >= 15 is 0 Å². The van der Waals surface area contributed by atoms with Crippen molar-refractivity contribution in [2.24, 2.45) is 5.92 Å². The molecule has 0 unspecified atom stereocenters. The molecule has 33 heavy (non-hydrogen) atoms. The molecule has 2 amide bonds. The van der Waals surface area contributed by atoms with Gasteiger partial charge in [-0.2, -0.15) is 0 Å². The van der Waals surface area contributed by atoms with Gasteiger partial charge in [0, 0.05) is 25.4 Å². The normalized spacial score (nSPS) is 19.9. The van der Waals surface area contributed by atoms with Crippen molar-refractivity contribution in [1.82, 2.24) is 10.2 Å². The van der Waals surface area contributed by atoms with Gasteiger partial charge in [0.15, 0.2) is 0 Å². The van der Waals surface area contributed by atoms with Crippen LogP contribution < -0.4 is 5.32 Å². The largest absolute Gasteiger partial charge is 0.480 e. The first-order valence-electron chi connectivity index (χ1n) is 11.4. The molecular weight excluding hydrogens is 420 g/mol. The van der Waals surface area contributed by atoms with E-state index < -0.39 is 18.1 Å². The van der Waals surface area contributed by atoms with Crippen molar-refractivity contribution in [2.45, 2.75) is 50.6 Å². The van der Waals surface area contributed by atoms with Crippen molar-refractivity contribution in [1.29, 1.82) is 0 Å². The van der Waals surface area contributed by atoms with Gasteiger partial charge in [0.2, 0.25) is 5.91 Å². The fraction of sp³-hybridized carbons (Fsp3) is 0.423. The monoisotopic (exact) mass is 450 g/mol. The average Bonchev–Trinajstić information content (AvgIpc) is 3.38. The Kier molecular flexibility index (Phi) is 6.67. The minimum Gasteiger partial charge on any atom is -0.480 e. The maximum atomic E-state index is 12.5. The summed E-state index contributed by atoms with van der Waals surface area (Å²) in [6, 6.07) is 15.5. The standard InChI is InChI=1S/C26H30N2O5/c1-16(25(30)31)28(2)24(29)14-17-11-12-18(13-17)27-26(32)33-15-23-21-9-5-3-7-19(21)20-8-4-6-10-22(20)23/h3-10,16-18,23H,11-15H2,1-2H3,(H,27,32)(H,30,31)/t16-,17-,18+/m0/s1. The van der Waals surface area contributed by atoms with Crippen molar-refractivity contribution in [3.8, 4) is 11.1 Å². The minimum atomic E-state index is -1.02. The molecule has 0 bridgehead atoms. The van der Waals surface area contributed by atoms with Crippen molar-refractivity contribution >= 4 is 18.0 Å². The van der Waals surface area contributed by atoms with Gasteiger partial charge in [-0.25, -0.2) is 9.59 Å². The predicted octanol–water partition coefficient (Wildman–Crippen LogP) is 4.02. The summed E-state index contributed by atoms with van der Waals surface area (Å²) in [6.07, 6.45) is 2.13. The van der Waals surface area contributed by atoms with Crippen LogP contribution in [0.2, 0.25) is 0 Å². The molecule has 1 fully saturated rings. The Bertz CT molecular complexity index is 1010. The van der Waals surface area contributed by atoms with Crippen LogP contribution in [0, 0.1) is 5.92 Å². The van der Waals surface area contributed by atoms with Crippen LogP contribution in [0.5, 0.6) is 0 Å². The van der Waals surface area contributed by atoms with Gasteiger partial charge >= 0.3 is 12.1 Å². The summed E-state index contributed by atoms with van der Waals surface area (Å²) in [6.45, 7) is 1.77. The number of aliphatic carboxylic acids is 1. The minimum absolute atomic E-state index is 0.0175. The number of carboxylic acid groups (broad SMARTS) is 1. The smallest absolute Gasteiger partial charge is 0.407 e. The number of nitrogens with one attached hydrogen (secondary N) is 1. The molecular formula is C26H30N2O5. The second-order valence-corrected chi connectivity index (χ2v) is 9.07. The Hall–Kier alpha value is -3.35. The highest BCUT2D eigenvalue weighted by Crippen LogP contribution is 2.44. The van der Waals surface area contributed by atoms with Crippen molar-refractivity contribution in [2.75, 3.05) is 13.7 Å². The van der Waals surface area contributed by atoms with E-state index in [1.807, 2.05) is 24.3 Å². The Morgan fingerprint density at radius 1 is 1.06 bits per heavy atom. The number of benzene rings is 2. The Labute approximate surface area is 193 Å². The second kappa shape index (κ2) is 9.65. The van der Waals surface area contributed by atoms with Crippen LogP contribution in [0.1, 0.15) is 49.7 Å². The number of hydrogen-bond donors (Lipinski definition) is 2. The molecule has 7 heteroatoms. The van der Waals surface area contributed by atoms with E-state index in [1.54, 1.807) is 0 Å². The number of carboxylic acids is 1. The Morgan fingerprint density at radius 3 is 2.27 bits per heavy atom. The molecule has 0 heterocycles. The Balaban J connectivity index is 1.28. The molecule has 4 rings (SSSR count). The van der Waals surface area contributed by atoms with Gasteiger partial charge in [0.1, 0.15) is 12.6 Å². The van der Waals surface area contributed by atoms with Crippen LogP contribution in [0.4, 0.5) is 4.79 Å². The SMILES string of the molecule is C[C@@H](C(=O)O)N(C)C(=O)C[C@H]1CC[C@@H](NC(=O)OCC2c3ccccc3-c3ccccc32)C1. The zero-order valence-corrected chi connectivity index (χ0v) is 19.0. The van der Waals surface area contributed by atoms with Gasteiger partial charge < -0.3 is 20.1 Å². The summed E-state index contributed by atoms with van der Waals surface area (Å²) >= 11 is 0. The molecule has 2 aliphatic rings. The number of carbonyl (C=O) groups excluding carboxylic acids is 2. The third-order valence-electron chi connectivity index (χ3n) is 7.00. The lowest BCUT2D eigenvalue weighted by atomic mass is 9.98. The molecule has 2 N–H and O–H groups in total. The van der Waals surface area contributed by atoms with Gasteiger partial charge in [0.05, 0.1) is 0 Å². The quantitative estimate of drug-likeness (QED) is 0.664. The fourth-order valence-corrected chi connectivity index (χ4v) is 4.97. The number of amides is 2. The number of ether oxygens (including phenoxy) is 1. The topological polar surface area (TPSA) is 95.9 Å². The first-order valence-corrected chi connectivity index (χ1v) is 11.4. The molecule has 1 saturated carbocycles. The fourth-order valence-electron chi connectivity index (χ4n) is 4.97. The molecule has 7 nitrogen and oxygen atoms in total. The number of alkyl carbamates (subject to hydrolysis) is 1. The molecule has 0 aromatic heterocycles. The molecule has 0 radical (unpaired) electrons. The molecule has 174 valence electrons. The van der Waals surface area contributed by atoms with Crippen LogP contribution in [0.3, 0.4) is 0 Å². The summed E-state index contributed by atoms with van der Waals surface area (Å²) in [5.74, 6) is -1.06. The highest BCUT2D eigenvalue weighted by atomic mass is 16.5. The van der Waals surface area contributed by atoms with Gasteiger partial charge in [-0.1, -0.05) is 48.5 Å². The van der Waals surface area contributed by atoms with Crippen LogP contribution in [0.15, 0.2) is 48.5 Å². The van der Waals surface area contributed by atoms with E-state index in [9.17, 15) is 14.4 Å². The van der Waals surface area contributed by atoms with Gasteiger partial charge in [-0.3, -0.25) is 4.79 Å². The summed E-state index contributed by atoms with van der Waals surface area (Å²) in [5.41, 5.74) is 4.72. The maximum absolute atomic E-state index is 12.5. The molecule has 0 spiro atoms. The Morgan fingerprint density at radius 2 is 1.67 bits per heavy atom. The highest BCUT2D eigenvalue weighted by Gasteiger charge is 2.32. The van der Waals surface area contributed by atoms with Crippen molar-refractivity contribution in [3.05, 3.63) is 59.7 Å². The molecule has 0 saturated heterocycles. The summed E-state index contributed by atoms with van der Waals surface area (Å²) < 4.78 is 5.62. The lowest BCUT2D eigenvalue weighted by molar-refractivity contribution is -0.148. The third-order valence-corrected chi connectivity index (χ3v) is 7.00. The zero-order valence-electron chi connectivity index (χ0n) is 19.0. The van der Waals surface area contributed by atoms with Crippen LogP contribution in [-0.2, 0) is 14.3 Å². The van der Waals surface area contributed by atoms with Crippen LogP contribution in [-0.4, -0.2) is 53.7 Å². The zero-order chi connectivity index (χ0) is 23.5. The lowest BCUT2D eigenvalue weighted by Gasteiger charge is -2.23. The van der Waals surface area contributed by atoms with E-state index in [0.717, 1.165) is 12.8 Å². The van der Waals surface area contributed by atoms with E-state index in [2.05, 4.69) is 29.6 Å². The maximum Gasteiger partial charge on any atom is 0.407 e. The molecule has 2 aromatic rings. The van der Waals surface area contributed by atoms with E-state index in [1.165, 1.54) is 41.1 Å². The number of nitrogens with zero attached hydrogens (tertiary/aromatic N) is 1. The molecule has 2 aromatic carbocycles. The van der Waals surface area contributed by atoms with E-state index in [4.69, 9.17) is 9.84 Å². The number of rotatable bonds is 7. The lowest BCUT2D eigenvalue weighted by Crippen LogP contribution is -2.41. The summed E-state index contributed by atoms with van der Waals surface area (Å²) in [7, 11) is 1.52. The highest BCUT2D eigenvalue weighted by molar-refractivity contribution is 5.83. The van der Waals surface area contributed by atoms with Gasteiger partial charge in [-0.15, -0.1) is 0 Å². The van der Waals surface area contributed by atoms with E-state index in [-0.39, 0.29) is 36.8 Å². The summed E-state index contributed by atoms with van der Waals surface area (Å²) in [5, 5.41) is 12.0. The van der Waals surface area contributed by atoms with Gasteiger partial charge in [-0.05, 0) is 54.4 Å². The van der Waals surface area contributed by atoms with Crippen molar-refractivity contribution < 1.29 is 24.2 Å². The first kappa shape index (κ1) is 22.8. The number of likely N-dealkylation sites (N-methyl/N-ethyl adjacent to an activating group) is 1.